The maximum atomic E-state index is 11.7. The van der Waals surface area contributed by atoms with Gasteiger partial charge in [-0.1, -0.05) is 11.6 Å². The number of nitro groups is 1. The van der Waals surface area contributed by atoms with Crippen LogP contribution in [0.2, 0.25) is 5.15 Å². The number of carbonyl (C=O) groups is 1. The lowest BCUT2D eigenvalue weighted by Crippen LogP contribution is -2.14. The highest BCUT2D eigenvalue weighted by molar-refractivity contribution is 6.29. The first kappa shape index (κ1) is 15.3. The van der Waals surface area contributed by atoms with Gasteiger partial charge in [0.1, 0.15) is 23.5 Å². The van der Waals surface area contributed by atoms with Crippen molar-refractivity contribution < 1.29 is 19.2 Å². The predicted molar refractivity (Wildman–Crippen MR) is 67.3 cm³/mol. The number of ether oxygens (including phenoxy) is 2. The minimum Gasteiger partial charge on any atom is -0.459 e. The zero-order valence-electron chi connectivity index (χ0n) is 10.5. The van der Waals surface area contributed by atoms with Gasteiger partial charge in [0.05, 0.1) is 17.6 Å². The molecule has 0 aliphatic carbocycles. The largest absolute Gasteiger partial charge is 0.459 e. The van der Waals surface area contributed by atoms with Gasteiger partial charge in [-0.15, -0.1) is 0 Å². The number of rotatable bonds is 6. The van der Waals surface area contributed by atoms with E-state index >= 15 is 0 Å². The van der Waals surface area contributed by atoms with Crippen LogP contribution < -0.4 is 0 Å². The molecule has 0 N–H and O–H groups in total. The Balaban J connectivity index is 2.70. The molecule has 8 heteroatoms. The van der Waals surface area contributed by atoms with E-state index in [1.807, 2.05) is 13.8 Å². The summed E-state index contributed by atoms with van der Waals surface area (Å²) in [6.45, 7) is 3.91. The Kier molecular flexibility index (Phi) is 5.65. The topological polar surface area (TPSA) is 91.6 Å². The maximum absolute atomic E-state index is 11.7. The fourth-order valence-electron chi connectivity index (χ4n) is 1.23. The van der Waals surface area contributed by atoms with Crippen LogP contribution in [0.1, 0.15) is 24.2 Å². The van der Waals surface area contributed by atoms with Gasteiger partial charge in [-0.2, -0.15) is 0 Å². The Morgan fingerprint density at radius 3 is 2.79 bits per heavy atom. The molecular formula is C11H13ClN2O5. The van der Waals surface area contributed by atoms with Gasteiger partial charge in [0.15, 0.2) is 0 Å². The molecule has 1 rings (SSSR count). The summed E-state index contributed by atoms with van der Waals surface area (Å²) in [4.78, 5) is 25.3. The standard InChI is InChI=1S/C11H13ClN2O5/c1-7(2)18-3-4-19-11(15)8-5-10(12)13-6-9(8)14(16)17/h5-7H,3-4H2,1-2H3. The van der Waals surface area contributed by atoms with Crippen molar-refractivity contribution in [1.29, 1.82) is 0 Å². The van der Waals surface area contributed by atoms with Crippen molar-refractivity contribution in [3.63, 3.8) is 0 Å². The molecule has 0 unspecified atom stereocenters. The van der Waals surface area contributed by atoms with E-state index in [1.165, 1.54) is 0 Å². The lowest BCUT2D eigenvalue weighted by atomic mass is 10.2. The molecule has 0 aliphatic rings. The molecule has 0 fully saturated rings. The number of esters is 1. The smallest absolute Gasteiger partial charge is 0.345 e. The average molecular weight is 289 g/mol. The third kappa shape index (κ3) is 4.80. The van der Waals surface area contributed by atoms with E-state index in [0.29, 0.717) is 0 Å². The minimum absolute atomic E-state index is 0.00805. The molecule has 104 valence electrons. The Labute approximate surface area is 114 Å². The number of halogens is 1. The predicted octanol–water partition coefficient (Wildman–Crippen LogP) is 2.22. The number of aromatic nitrogens is 1. The van der Waals surface area contributed by atoms with Crippen LogP contribution in [0.3, 0.4) is 0 Å². The Morgan fingerprint density at radius 1 is 1.53 bits per heavy atom. The minimum atomic E-state index is -0.830. The third-order valence-corrected chi connectivity index (χ3v) is 2.24. The third-order valence-electron chi connectivity index (χ3n) is 2.03. The summed E-state index contributed by atoms with van der Waals surface area (Å²) in [5.41, 5.74) is -0.672. The number of hydrogen-bond donors (Lipinski definition) is 0. The molecule has 0 atom stereocenters. The van der Waals surface area contributed by atoms with Gasteiger partial charge in [-0.25, -0.2) is 9.78 Å². The Morgan fingerprint density at radius 2 is 2.21 bits per heavy atom. The zero-order chi connectivity index (χ0) is 14.4. The lowest BCUT2D eigenvalue weighted by Gasteiger charge is -2.08. The van der Waals surface area contributed by atoms with Crippen molar-refractivity contribution >= 4 is 23.3 Å². The van der Waals surface area contributed by atoms with E-state index in [-0.39, 0.29) is 30.0 Å². The molecule has 0 aliphatic heterocycles. The van der Waals surface area contributed by atoms with E-state index < -0.39 is 16.6 Å². The summed E-state index contributed by atoms with van der Waals surface area (Å²) >= 11 is 5.60. The first-order valence-corrected chi connectivity index (χ1v) is 5.88. The monoisotopic (exact) mass is 288 g/mol. The second-order valence-corrected chi connectivity index (χ2v) is 4.22. The van der Waals surface area contributed by atoms with Crippen LogP contribution in [0.5, 0.6) is 0 Å². The van der Waals surface area contributed by atoms with Crippen molar-refractivity contribution in [2.75, 3.05) is 13.2 Å². The van der Waals surface area contributed by atoms with Crippen LogP contribution in [0.4, 0.5) is 5.69 Å². The summed E-state index contributed by atoms with van der Waals surface area (Å²) in [5.74, 6) is -0.830. The second kappa shape index (κ2) is 7.01. The Hall–Kier alpha value is -1.73. The molecule has 0 saturated heterocycles. The number of nitrogens with zero attached hydrogens (tertiary/aromatic N) is 2. The van der Waals surface area contributed by atoms with Crippen molar-refractivity contribution in [1.82, 2.24) is 4.98 Å². The quantitative estimate of drug-likeness (QED) is 0.262. The lowest BCUT2D eigenvalue weighted by molar-refractivity contribution is -0.385. The van der Waals surface area contributed by atoms with Crippen molar-refractivity contribution in [3.05, 3.63) is 33.1 Å². The van der Waals surface area contributed by atoms with E-state index in [0.717, 1.165) is 12.3 Å². The molecule has 0 bridgehead atoms. The average Bonchev–Trinajstić information content (AvgIpc) is 2.33. The van der Waals surface area contributed by atoms with Gasteiger partial charge < -0.3 is 9.47 Å². The number of hydrogen-bond acceptors (Lipinski definition) is 6. The Bertz CT molecular complexity index is 478. The van der Waals surface area contributed by atoms with Crippen molar-refractivity contribution in [2.24, 2.45) is 0 Å². The van der Waals surface area contributed by atoms with E-state index in [1.54, 1.807) is 0 Å². The van der Waals surface area contributed by atoms with Crippen LogP contribution in [-0.2, 0) is 9.47 Å². The van der Waals surface area contributed by atoms with Gasteiger partial charge >= 0.3 is 11.7 Å². The summed E-state index contributed by atoms with van der Waals surface area (Å²) < 4.78 is 10.0. The highest BCUT2D eigenvalue weighted by atomic mass is 35.5. The normalized spacial score (nSPS) is 10.5. The van der Waals surface area contributed by atoms with Gasteiger partial charge in [-0.05, 0) is 19.9 Å². The summed E-state index contributed by atoms with van der Waals surface area (Å²) in [7, 11) is 0. The maximum Gasteiger partial charge on any atom is 0.345 e. The molecule has 19 heavy (non-hydrogen) atoms. The fourth-order valence-corrected chi connectivity index (χ4v) is 1.39. The number of carbonyl (C=O) groups excluding carboxylic acids is 1. The molecule has 0 amide bonds. The van der Waals surface area contributed by atoms with Gasteiger partial charge in [0, 0.05) is 0 Å². The first-order chi connectivity index (χ1) is 8.91. The highest BCUT2D eigenvalue weighted by Gasteiger charge is 2.22. The fraction of sp³-hybridized carbons (Fsp3) is 0.455. The van der Waals surface area contributed by atoms with Crippen LogP contribution in [-0.4, -0.2) is 35.2 Å². The molecule has 0 spiro atoms. The zero-order valence-corrected chi connectivity index (χ0v) is 11.2. The SMILES string of the molecule is CC(C)OCCOC(=O)c1cc(Cl)ncc1[N+](=O)[O-]. The van der Waals surface area contributed by atoms with Crippen molar-refractivity contribution in [2.45, 2.75) is 20.0 Å². The van der Waals surface area contributed by atoms with E-state index in [9.17, 15) is 14.9 Å². The van der Waals surface area contributed by atoms with E-state index in [4.69, 9.17) is 21.1 Å². The molecule has 1 aromatic heterocycles. The molecule has 1 aromatic rings. The van der Waals surface area contributed by atoms with Crippen LogP contribution in [0.25, 0.3) is 0 Å². The molecule has 0 radical (unpaired) electrons. The van der Waals surface area contributed by atoms with E-state index in [2.05, 4.69) is 4.98 Å². The molecule has 1 heterocycles. The van der Waals surface area contributed by atoms with Gasteiger partial charge in [-0.3, -0.25) is 10.1 Å². The molecule has 0 saturated carbocycles. The molecular weight excluding hydrogens is 276 g/mol. The number of pyridine rings is 1. The van der Waals surface area contributed by atoms with Gasteiger partial charge in [0.25, 0.3) is 0 Å². The van der Waals surface area contributed by atoms with Crippen LogP contribution in [0, 0.1) is 10.1 Å². The first-order valence-electron chi connectivity index (χ1n) is 5.50. The molecule has 7 nitrogen and oxygen atoms in total. The summed E-state index contributed by atoms with van der Waals surface area (Å²) in [6, 6.07) is 1.10. The summed E-state index contributed by atoms with van der Waals surface area (Å²) in [6.07, 6.45) is 0.937. The second-order valence-electron chi connectivity index (χ2n) is 3.84. The highest BCUT2D eigenvalue weighted by Crippen LogP contribution is 2.21. The summed E-state index contributed by atoms with van der Waals surface area (Å²) in [5, 5.41) is 10.7. The molecule has 0 aromatic carbocycles. The van der Waals surface area contributed by atoms with Crippen LogP contribution in [0.15, 0.2) is 12.3 Å². The van der Waals surface area contributed by atoms with Crippen LogP contribution >= 0.6 is 11.6 Å². The van der Waals surface area contributed by atoms with Crippen molar-refractivity contribution in [3.8, 4) is 0 Å². The van der Waals surface area contributed by atoms with Gasteiger partial charge in [0.2, 0.25) is 0 Å².